The Morgan fingerprint density at radius 1 is 1.05 bits per heavy atom. The Hall–Kier alpha value is -2.75. The number of fused-ring (bicyclic) bond motifs is 1. The second-order valence-electron chi connectivity index (χ2n) is 4.51. The largest absolute Gasteiger partial charge is 0.493 e. The van der Waals surface area contributed by atoms with E-state index in [1.165, 1.54) is 6.26 Å². The SMILES string of the molecule is COc1ccccc1OCC(=O)c1coc2ccccc12. The summed E-state index contributed by atoms with van der Waals surface area (Å²) < 4.78 is 16.1. The molecule has 0 atom stereocenters. The Morgan fingerprint density at radius 2 is 1.76 bits per heavy atom. The lowest BCUT2D eigenvalue weighted by Gasteiger charge is -2.09. The van der Waals surface area contributed by atoms with Crippen LogP contribution in [-0.4, -0.2) is 19.5 Å². The second-order valence-corrected chi connectivity index (χ2v) is 4.51. The smallest absolute Gasteiger partial charge is 0.204 e. The van der Waals surface area contributed by atoms with E-state index in [1.54, 1.807) is 19.2 Å². The normalized spacial score (nSPS) is 10.5. The molecule has 3 rings (SSSR count). The molecule has 0 fully saturated rings. The first-order valence-corrected chi connectivity index (χ1v) is 6.55. The van der Waals surface area contributed by atoms with Gasteiger partial charge in [-0.05, 0) is 18.2 Å². The summed E-state index contributed by atoms with van der Waals surface area (Å²) in [7, 11) is 1.56. The van der Waals surface area contributed by atoms with Crippen LogP contribution in [0, 0.1) is 0 Å². The van der Waals surface area contributed by atoms with Gasteiger partial charge in [-0.1, -0.05) is 30.3 Å². The lowest BCUT2D eigenvalue weighted by Crippen LogP contribution is -2.11. The van der Waals surface area contributed by atoms with Crippen molar-refractivity contribution >= 4 is 16.8 Å². The molecule has 0 bridgehead atoms. The number of methoxy groups -OCH3 is 1. The minimum Gasteiger partial charge on any atom is -0.493 e. The zero-order valence-electron chi connectivity index (χ0n) is 11.5. The molecule has 4 nitrogen and oxygen atoms in total. The number of hydrogen-bond donors (Lipinski definition) is 0. The molecular weight excluding hydrogens is 268 g/mol. The molecule has 1 aromatic heterocycles. The monoisotopic (exact) mass is 282 g/mol. The van der Waals surface area contributed by atoms with Gasteiger partial charge < -0.3 is 13.9 Å². The average Bonchev–Trinajstić information content (AvgIpc) is 2.97. The van der Waals surface area contributed by atoms with Gasteiger partial charge >= 0.3 is 0 Å². The highest BCUT2D eigenvalue weighted by molar-refractivity contribution is 6.07. The van der Waals surface area contributed by atoms with Crippen LogP contribution in [0.5, 0.6) is 11.5 Å². The summed E-state index contributed by atoms with van der Waals surface area (Å²) in [5.74, 6) is 1.01. The Bertz CT molecular complexity index is 773. The van der Waals surface area contributed by atoms with Crippen molar-refractivity contribution in [3.8, 4) is 11.5 Å². The zero-order chi connectivity index (χ0) is 14.7. The molecule has 0 aliphatic rings. The number of rotatable bonds is 5. The van der Waals surface area contributed by atoms with Gasteiger partial charge in [-0.25, -0.2) is 0 Å². The van der Waals surface area contributed by atoms with Crippen LogP contribution in [0.3, 0.4) is 0 Å². The molecule has 0 aliphatic carbocycles. The van der Waals surface area contributed by atoms with Crippen molar-refractivity contribution in [3.05, 3.63) is 60.4 Å². The lowest BCUT2D eigenvalue weighted by molar-refractivity contribution is 0.0920. The number of carbonyl (C=O) groups excluding carboxylic acids is 1. The van der Waals surface area contributed by atoms with Gasteiger partial charge in [-0.2, -0.15) is 0 Å². The predicted molar refractivity (Wildman–Crippen MR) is 79.0 cm³/mol. The van der Waals surface area contributed by atoms with Crippen molar-refractivity contribution in [2.24, 2.45) is 0 Å². The molecule has 21 heavy (non-hydrogen) atoms. The zero-order valence-corrected chi connectivity index (χ0v) is 11.5. The molecule has 0 spiro atoms. The van der Waals surface area contributed by atoms with Crippen LogP contribution >= 0.6 is 0 Å². The minimum atomic E-state index is -0.133. The Kier molecular flexibility index (Phi) is 3.60. The molecule has 1 heterocycles. The quantitative estimate of drug-likeness (QED) is 0.669. The number of hydrogen-bond acceptors (Lipinski definition) is 4. The predicted octanol–water partition coefficient (Wildman–Crippen LogP) is 3.70. The highest BCUT2D eigenvalue weighted by atomic mass is 16.5. The van der Waals surface area contributed by atoms with E-state index in [2.05, 4.69) is 0 Å². The molecule has 0 saturated carbocycles. The minimum absolute atomic E-state index is 0.0656. The average molecular weight is 282 g/mol. The van der Waals surface area contributed by atoms with E-state index >= 15 is 0 Å². The molecule has 0 radical (unpaired) electrons. The van der Waals surface area contributed by atoms with Gasteiger partial charge in [-0.15, -0.1) is 0 Å². The number of ether oxygens (including phenoxy) is 2. The standard InChI is InChI=1S/C17H14O4/c1-19-16-8-4-5-9-17(16)21-11-14(18)13-10-20-15-7-3-2-6-12(13)15/h2-10H,11H2,1H3. The number of carbonyl (C=O) groups is 1. The third-order valence-corrected chi connectivity index (χ3v) is 3.21. The summed E-state index contributed by atoms with van der Waals surface area (Å²) in [6, 6.07) is 14.6. The van der Waals surface area contributed by atoms with Gasteiger partial charge in [0.25, 0.3) is 0 Å². The Morgan fingerprint density at radius 3 is 2.57 bits per heavy atom. The maximum Gasteiger partial charge on any atom is 0.204 e. The lowest BCUT2D eigenvalue weighted by atomic mass is 10.1. The second kappa shape index (κ2) is 5.71. The van der Waals surface area contributed by atoms with Crippen LogP contribution in [0.2, 0.25) is 0 Å². The van der Waals surface area contributed by atoms with E-state index in [1.807, 2.05) is 36.4 Å². The molecule has 2 aromatic carbocycles. The molecular formula is C17H14O4. The van der Waals surface area contributed by atoms with Gasteiger partial charge in [0, 0.05) is 5.39 Å². The third kappa shape index (κ3) is 2.60. The molecule has 3 aromatic rings. The van der Waals surface area contributed by atoms with Crippen LogP contribution in [0.15, 0.2) is 59.2 Å². The van der Waals surface area contributed by atoms with Gasteiger partial charge in [0.2, 0.25) is 5.78 Å². The number of furan rings is 1. The Balaban J connectivity index is 1.78. The van der Waals surface area contributed by atoms with E-state index in [0.717, 1.165) is 5.39 Å². The molecule has 0 aliphatic heterocycles. The van der Waals surface area contributed by atoms with Crippen molar-refractivity contribution in [2.75, 3.05) is 13.7 Å². The molecule has 0 amide bonds. The first-order chi connectivity index (χ1) is 10.3. The molecule has 4 heteroatoms. The van der Waals surface area contributed by atoms with Gasteiger partial charge in [0.1, 0.15) is 11.8 Å². The fourth-order valence-corrected chi connectivity index (χ4v) is 2.15. The number of Topliss-reactive ketones (excluding diaryl/α,β-unsaturated/α-hetero) is 1. The summed E-state index contributed by atoms with van der Waals surface area (Å²) in [5, 5.41) is 0.797. The van der Waals surface area contributed by atoms with Gasteiger partial charge in [-0.3, -0.25) is 4.79 Å². The summed E-state index contributed by atoms with van der Waals surface area (Å²) in [6.45, 7) is -0.0656. The Labute approximate surface area is 121 Å². The van der Waals surface area contributed by atoms with Crippen LogP contribution in [0.4, 0.5) is 0 Å². The topological polar surface area (TPSA) is 48.7 Å². The van der Waals surface area contributed by atoms with Crippen LogP contribution in [-0.2, 0) is 0 Å². The van der Waals surface area contributed by atoms with E-state index in [4.69, 9.17) is 13.9 Å². The number of ketones is 1. The van der Waals surface area contributed by atoms with E-state index in [9.17, 15) is 4.79 Å². The number of benzene rings is 2. The van der Waals surface area contributed by atoms with Crippen molar-refractivity contribution in [1.82, 2.24) is 0 Å². The van der Waals surface area contributed by atoms with Crippen LogP contribution in [0.1, 0.15) is 10.4 Å². The van der Waals surface area contributed by atoms with E-state index in [-0.39, 0.29) is 12.4 Å². The van der Waals surface area contributed by atoms with Crippen molar-refractivity contribution in [3.63, 3.8) is 0 Å². The first-order valence-electron chi connectivity index (χ1n) is 6.55. The fourth-order valence-electron chi connectivity index (χ4n) is 2.15. The van der Waals surface area contributed by atoms with Crippen molar-refractivity contribution in [1.29, 1.82) is 0 Å². The molecule has 0 saturated heterocycles. The highest BCUT2D eigenvalue weighted by Crippen LogP contribution is 2.26. The van der Waals surface area contributed by atoms with Gasteiger partial charge in [0.05, 0.1) is 12.7 Å². The van der Waals surface area contributed by atoms with Crippen molar-refractivity contribution in [2.45, 2.75) is 0 Å². The van der Waals surface area contributed by atoms with E-state index < -0.39 is 0 Å². The summed E-state index contributed by atoms with van der Waals surface area (Å²) in [4.78, 5) is 12.3. The maximum absolute atomic E-state index is 12.3. The summed E-state index contributed by atoms with van der Waals surface area (Å²) in [6.07, 6.45) is 1.47. The molecule has 106 valence electrons. The van der Waals surface area contributed by atoms with Crippen LogP contribution in [0.25, 0.3) is 11.0 Å². The van der Waals surface area contributed by atoms with Gasteiger partial charge in [0.15, 0.2) is 18.1 Å². The summed E-state index contributed by atoms with van der Waals surface area (Å²) >= 11 is 0. The van der Waals surface area contributed by atoms with Crippen LogP contribution < -0.4 is 9.47 Å². The number of para-hydroxylation sites is 3. The summed E-state index contributed by atoms with van der Waals surface area (Å²) in [5.41, 5.74) is 1.22. The van der Waals surface area contributed by atoms with E-state index in [0.29, 0.717) is 22.6 Å². The highest BCUT2D eigenvalue weighted by Gasteiger charge is 2.14. The first kappa shape index (κ1) is 13.2. The molecule has 0 N–H and O–H groups in total. The third-order valence-electron chi connectivity index (χ3n) is 3.21. The van der Waals surface area contributed by atoms with Crippen molar-refractivity contribution < 1.29 is 18.7 Å². The molecule has 0 unspecified atom stereocenters. The fraction of sp³-hybridized carbons (Fsp3) is 0.118. The maximum atomic E-state index is 12.3.